The molecule has 0 atom stereocenters. The fraction of sp³-hybridized carbons (Fsp3) is 0.286. The van der Waals surface area contributed by atoms with Crippen molar-refractivity contribution in [1.82, 2.24) is 9.97 Å². The topological polar surface area (TPSA) is 73.1 Å². The highest BCUT2D eigenvalue weighted by atomic mass is 19.1. The van der Waals surface area contributed by atoms with Crippen LogP contribution in [0.5, 0.6) is 5.75 Å². The van der Waals surface area contributed by atoms with Crippen molar-refractivity contribution >= 4 is 5.82 Å². The van der Waals surface area contributed by atoms with Crippen LogP contribution in [-0.4, -0.2) is 17.1 Å². The van der Waals surface area contributed by atoms with Crippen LogP contribution in [0.3, 0.4) is 0 Å². The summed E-state index contributed by atoms with van der Waals surface area (Å²) >= 11 is 0. The van der Waals surface area contributed by atoms with Gasteiger partial charge < -0.3 is 10.2 Å². The highest BCUT2D eigenvalue weighted by Gasteiger charge is 2.12. The van der Waals surface area contributed by atoms with Gasteiger partial charge in [0, 0.05) is 16.8 Å². The molecule has 0 aliphatic heterocycles. The molecule has 0 aliphatic rings. The predicted molar refractivity (Wildman–Crippen MR) is 75.9 cm³/mol. The molecule has 20 heavy (non-hydrogen) atoms. The summed E-state index contributed by atoms with van der Waals surface area (Å²) in [6, 6.07) is 4.51. The van der Waals surface area contributed by atoms with Crippen LogP contribution in [0.1, 0.15) is 18.2 Å². The first-order chi connectivity index (χ1) is 9.60. The highest BCUT2D eigenvalue weighted by Crippen LogP contribution is 2.26. The SMILES string of the molecule is CCc1nc(-c2ccc(F)c(OC)c2)nc(NN)c1C. The maximum atomic E-state index is 13.4. The maximum Gasteiger partial charge on any atom is 0.165 e. The van der Waals surface area contributed by atoms with Crippen molar-refractivity contribution in [1.29, 1.82) is 0 Å². The van der Waals surface area contributed by atoms with Crippen molar-refractivity contribution in [3.8, 4) is 17.1 Å². The largest absolute Gasteiger partial charge is 0.494 e. The summed E-state index contributed by atoms with van der Waals surface area (Å²) in [5.41, 5.74) is 5.04. The second-order valence-electron chi connectivity index (χ2n) is 4.31. The highest BCUT2D eigenvalue weighted by molar-refractivity contribution is 5.61. The Balaban J connectivity index is 2.57. The van der Waals surface area contributed by atoms with E-state index < -0.39 is 5.82 Å². The normalized spacial score (nSPS) is 10.4. The number of anilines is 1. The van der Waals surface area contributed by atoms with Gasteiger partial charge in [-0.1, -0.05) is 6.92 Å². The van der Waals surface area contributed by atoms with E-state index in [1.165, 1.54) is 13.2 Å². The number of aromatic nitrogens is 2. The molecule has 1 aromatic carbocycles. The molecule has 0 unspecified atom stereocenters. The molecule has 3 N–H and O–H groups in total. The van der Waals surface area contributed by atoms with E-state index in [-0.39, 0.29) is 5.75 Å². The van der Waals surface area contributed by atoms with Crippen molar-refractivity contribution < 1.29 is 9.13 Å². The van der Waals surface area contributed by atoms with Crippen LogP contribution in [-0.2, 0) is 6.42 Å². The Bertz CT molecular complexity index is 606. The molecule has 0 saturated heterocycles. The van der Waals surface area contributed by atoms with E-state index in [1.54, 1.807) is 12.1 Å². The van der Waals surface area contributed by atoms with Gasteiger partial charge in [-0.3, -0.25) is 0 Å². The number of benzene rings is 1. The second-order valence-corrected chi connectivity index (χ2v) is 4.31. The third kappa shape index (κ3) is 2.55. The maximum absolute atomic E-state index is 13.4. The number of hydrogen-bond acceptors (Lipinski definition) is 5. The molecular weight excluding hydrogens is 259 g/mol. The van der Waals surface area contributed by atoms with Gasteiger partial charge in [0.05, 0.1) is 7.11 Å². The van der Waals surface area contributed by atoms with Gasteiger partial charge in [0.25, 0.3) is 0 Å². The zero-order valence-electron chi connectivity index (χ0n) is 11.7. The van der Waals surface area contributed by atoms with Gasteiger partial charge in [-0.15, -0.1) is 0 Å². The van der Waals surface area contributed by atoms with Crippen molar-refractivity contribution in [3.63, 3.8) is 0 Å². The van der Waals surface area contributed by atoms with E-state index in [0.29, 0.717) is 17.2 Å². The third-order valence-electron chi connectivity index (χ3n) is 3.13. The summed E-state index contributed by atoms with van der Waals surface area (Å²) in [6.45, 7) is 3.91. The Morgan fingerprint density at radius 1 is 1.35 bits per heavy atom. The van der Waals surface area contributed by atoms with Gasteiger partial charge in [0.1, 0.15) is 5.82 Å². The van der Waals surface area contributed by atoms with Gasteiger partial charge in [-0.2, -0.15) is 0 Å². The number of ether oxygens (including phenoxy) is 1. The Hall–Kier alpha value is -2.21. The lowest BCUT2D eigenvalue weighted by Crippen LogP contribution is -2.13. The standard InChI is InChI=1S/C14H17FN4O/c1-4-11-8(2)13(19-16)18-14(17-11)9-5-6-10(15)12(7-9)20-3/h5-7H,4,16H2,1-3H3,(H,17,18,19). The Morgan fingerprint density at radius 3 is 2.70 bits per heavy atom. The summed E-state index contributed by atoms with van der Waals surface area (Å²) in [5, 5.41) is 0. The van der Waals surface area contributed by atoms with Crippen LogP contribution in [0.15, 0.2) is 18.2 Å². The molecule has 2 rings (SSSR count). The van der Waals surface area contributed by atoms with Crippen LogP contribution in [0, 0.1) is 12.7 Å². The van der Waals surface area contributed by atoms with E-state index >= 15 is 0 Å². The third-order valence-corrected chi connectivity index (χ3v) is 3.13. The molecule has 106 valence electrons. The minimum Gasteiger partial charge on any atom is -0.494 e. The fourth-order valence-corrected chi connectivity index (χ4v) is 1.98. The van der Waals surface area contributed by atoms with Crippen molar-refractivity contribution in [3.05, 3.63) is 35.3 Å². The van der Waals surface area contributed by atoms with Crippen molar-refractivity contribution in [2.45, 2.75) is 20.3 Å². The summed E-state index contributed by atoms with van der Waals surface area (Å²) < 4.78 is 18.4. The number of methoxy groups -OCH3 is 1. The van der Waals surface area contributed by atoms with E-state index in [2.05, 4.69) is 15.4 Å². The molecule has 5 nitrogen and oxygen atoms in total. The number of aryl methyl sites for hydroxylation is 1. The Kier molecular flexibility index (Phi) is 4.14. The molecule has 0 bridgehead atoms. The lowest BCUT2D eigenvalue weighted by Gasteiger charge is -2.11. The molecule has 1 heterocycles. The number of rotatable bonds is 4. The van der Waals surface area contributed by atoms with Crippen LogP contribution >= 0.6 is 0 Å². The molecule has 6 heteroatoms. The number of nitrogens with two attached hydrogens (primary N) is 1. The van der Waals surface area contributed by atoms with Gasteiger partial charge in [0.15, 0.2) is 17.4 Å². The first-order valence-electron chi connectivity index (χ1n) is 6.28. The molecule has 0 radical (unpaired) electrons. The minimum atomic E-state index is -0.420. The molecule has 1 aromatic heterocycles. The second kappa shape index (κ2) is 5.83. The number of hydrazine groups is 1. The van der Waals surface area contributed by atoms with Crippen LogP contribution in [0.4, 0.5) is 10.2 Å². The Morgan fingerprint density at radius 2 is 2.10 bits per heavy atom. The van der Waals surface area contributed by atoms with Crippen molar-refractivity contribution in [2.24, 2.45) is 5.84 Å². The molecule has 0 aliphatic carbocycles. The molecule has 0 spiro atoms. The monoisotopic (exact) mass is 276 g/mol. The smallest absolute Gasteiger partial charge is 0.165 e. The molecular formula is C14H17FN4O. The average molecular weight is 276 g/mol. The number of nitrogen functional groups attached to an aromatic ring is 1. The summed E-state index contributed by atoms with van der Waals surface area (Å²) in [4.78, 5) is 8.84. The number of nitrogens with zero attached hydrogens (tertiary/aromatic N) is 2. The van der Waals surface area contributed by atoms with Gasteiger partial charge in [-0.05, 0) is 31.5 Å². The molecule has 0 amide bonds. The first-order valence-corrected chi connectivity index (χ1v) is 6.28. The molecule has 0 saturated carbocycles. The fourth-order valence-electron chi connectivity index (χ4n) is 1.98. The Labute approximate surface area is 117 Å². The van der Waals surface area contributed by atoms with E-state index in [0.717, 1.165) is 17.7 Å². The van der Waals surface area contributed by atoms with Crippen molar-refractivity contribution in [2.75, 3.05) is 12.5 Å². The predicted octanol–water partition coefficient (Wildman–Crippen LogP) is 2.45. The van der Waals surface area contributed by atoms with Gasteiger partial charge >= 0.3 is 0 Å². The molecule has 0 fully saturated rings. The lowest BCUT2D eigenvalue weighted by molar-refractivity contribution is 0.387. The minimum absolute atomic E-state index is 0.159. The van der Waals surface area contributed by atoms with E-state index in [9.17, 15) is 4.39 Å². The van der Waals surface area contributed by atoms with Crippen LogP contribution in [0.2, 0.25) is 0 Å². The zero-order valence-corrected chi connectivity index (χ0v) is 11.7. The summed E-state index contributed by atoms with van der Waals surface area (Å²) in [7, 11) is 1.42. The van der Waals surface area contributed by atoms with E-state index in [4.69, 9.17) is 10.6 Å². The van der Waals surface area contributed by atoms with Gasteiger partial charge in [-0.25, -0.2) is 20.2 Å². The lowest BCUT2D eigenvalue weighted by atomic mass is 10.1. The quantitative estimate of drug-likeness (QED) is 0.663. The number of hydrogen-bond donors (Lipinski definition) is 2. The average Bonchev–Trinajstić information content (AvgIpc) is 2.48. The van der Waals surface area contributed by atoms with Crippen LogP contribution in [0.25, 0.3) is 11.4 Å². The number of halogens is 1. The van der Waals surface area contributed by atoms with Crippen LogP contribution < -0.4 is 16.0 Å². The molecule has 2 aromatic rings. The summed E-state index contributed by atoms with van der Waals surface area (Å²) in [6.07, 6.45) is 0.758. The zero-order chi connectivity index (χ0) is 14.7. The first kappa shape index (κ1) is 14.2. The van der Waals surface area contributed by atoms with E-state index in [1.807, 2.05) is 13.8 Å². The number of nitrogens with one attached hydrogen (secondary N) is 1. The van der Waals surface area contributed by atoms with Gasteiger partial charge in [0.2, 0.25) is 0 Å². The summed E-state index contributed by atoms with van der Waals surface area (Å²) in [5.74, 6) is 6.27.